The summed E-state index contributed by atoms with van der Waals surface area (Å²) in [6.45, 7) is 0.0810. The Morgan fingerprint density at radius 1 is 1.09 bits per heavy atom. The van der Waals surface area contributed by atoms with E-state index in [2.05, 4.69) is 5.87 Å². The van der Waals surface area contributed by atoms with Gasteiger partial charge in [0.25, 0.3) is 4.91 Å². The van der Waals surface area contributed by atoms with Gasteiger partial charge in [0.05, 0.1) is 0 Å². The number of likely N-dealkylation sites (N-methyl/N-ethyl adjacent to an activating group) is 1. The zero-order valence-electron chi connectivity index (χ0n) is 18.8. The number of nitrogens with one attached hydrogen (secondary N) is 1. The molecule has 0 spiro atoms. The number of allylic oxidation sites excluding steroid dienone is 1. The maximum Gasteiger partial charge on any atom is 0.410 e. The Balaban J connectivity index is 1.67. The van der Waals surface area contributed by atoms with Crippen molar-refractivity contribution in [3.05, 3.63) is 64.6 Å². The van der Waals surface area contributed by atoms with Gasteiger partial charge in [-0.3, -0.25) is 15.1 Å². The molecule has 33 heavy (non-hydrogen) atoms. The number of rotatable bonds is 9. The molecule has 8 heteroatoms. The summed E-state index contributed by atoms with van der Waals surface area (Å²) in [4.78, 5) is 38.1. The summed E-state index contributed by atoms with van der Waals surface area (Å²) in [5, 5.41) is 16.9. The number of ketones is 1. The number of Topliss-reactive ketones (excluding diaryl/α,β-unsaturated/α-hetero) is 1. The van der Waals surface area contributed by atoms with Gasteiger partial charge in [0, 0.05) is 36.2 Å². The number of aliphatic carboxylic acids is 1. The van der Waals surface area contributed by atoms with E-state index in [-0.39, 0.29) is 36.1 Å². The largest absolute Gasteiger partial charge is 0.480 e. The third-order valence-corrected chi connectivity index (χ3v) is 6.94. The van der Waals surface area contributed by atoms with Gasteiger partial charge >= 0.3 is 12.1 Å². The standard InChI is InChI=1S/C25H26N2O5S/c1-27(21(24(29)30)12-13-22(28)23(14-26)33(2)3)25(31)32-15-20-18-10-6-4-8-16(18)17-9-5-7-11-19(17)20/h4-11,20-21,26H,12-13,15H2,1-3H3/p+1/t21-/m1/s1. The lowest BCUT2D eigenvalue weighted by Gasteiger charge is -2.25. The van der Waals surface area contributed by atoms with Crippen LogP contribution in [-0.2, 0) is 25.2 Å². The summed E-state index contributed by atoms with van der Waals surface area (Å²) in [5.74, 6) is 0.474. The predicted molar refractivity (Wildman–Crippen MR) is 129 cm³/mol. The van der Waals surface area contributed by atoms with Crippen LogP contribution in [0.1, 0.15) is 29.9 Å². The highest BCUT2D eigenvalue weighted by Crippen LogP contribution is 2.44. The topological polar surface area (TPSA) is 108 Å². The maximum absolute atomic E-state index is 12.7. The molecule has 1 amide bonds. The molecule has 2 N–H and O–H groups in total. The summed E-state index contributed by atoms with van der Waals surface area (Å²) >= 11 is 0. The molecule has 0 saturated heterocycles. The molecule has 2 aromatic rings. The second kappa shape index (κ2) is 10.5. The number of benzene rings is 2. The van der Waals surface area contributed by atoms with Gasteiger partial charge in [-0.1, -0.05) is 48.5 Å². The minimum absolute atomic E-state index is 0.0722. The van der Waals surface area contributed by atoms with Gasteiger partial charge in [0.15, 0.2) is 0 Å². The zero-order valence-corrected chi connectivity index (χ0v) is 19.6. The number of fused-ring (bicyclic) bond motifs is 3. The van der Waals surface area contributed by atoms with Crippen molar-refractivity contribution in [2.24, 2.45) is 0 Å². The number of carbonyl (C=O) groups is 3. The average Bonchev–Trinajstić information content (AvgIpc) is 3.11. The van der Waals surface area contributed by atoms with Gasteiger partial charge in [-0.05, 0) is 28.7 Å². The zero-order chi connectivity index (χ0) is 24.1. The van der Waals surface area contributed by atoms with E-state index in [0.29, 0.717) is 0 Å². The Labute approximate surface area is 195 Å². The normalized spacial score (nSPS) is 13.0. The molecular formula is C25H27N2O5S+. The molecule has 2 aromatic carbocycles. The van der Waals surface area contributed by atoms with Crippen LogP contribution in [0.5, 0.6) is 0 Å². The first-order valence-corrected chi connectivity index (χ1v) is 12.5. The minimum atomic E-state index is -1.22. The van der Waals surface area contributed by atoms with Crippen molar-refractivity contribution >= 4 is 34.6 Å². The van der Waals surface area contributed by atoms with E-state index in [4.69, 9.17) is 10.1 Å². The van der Waals surface area contributed by atoms with Crippen molar-refractivity contribution in [3.63, 3.8) is 0 Å². The first-order valence-electron chi connectivity index (χ1n) is 10.5. The van der Waals surface area contributed by atoms with E-state index in [0.717, 1.165) is 27.2 Å². The number of hydrogen-bond donors (Lipinski definition) is 2. The fraction of sp³-hybridized carbons (Fsp3) is 0.320. The Bertz CT molecular complexity index is 1080. The highest BCUT2D eigenvalue weighted by Gasteiger charge is 2.33. The molecule has 0 unspecified atom stereocenters. The van der Waals surface area contributed by atoms with Crippen molar-refractivity contribution in [2.75, 3.05) is 26.2 Å². The SMILES string of the molecule is CN(C(=O)OCC1c2ccccc2-c2ccccc21)[C@H](CCC(=O)C(=C=N)[S+](C)C)C(=O)O. The number of nitrogens with zero attached hydrogens (tertiary/aromatic N) is 1. The molecule has 3 rings (SSSR count). The van der Waals surface area contributed by atoms with Crippen molar-refractivity contribution in [1.82, 2.24) is 4.90 Å². The van der Waals surface area contributed by atoms with E-state index in [9.17, 15) is 19.5 Å². The molecule has 0 aromatic heterocycles. The van der Waals surface area contributed by atoms with E-state index < -0.39 is 29.0 Å². The van der Waals surface area contributed by atoms with Gasteiger partial charge in [0.2, 0.25) is 5.78 Å². The lowest BCUT2D eigenvalue weighted by Crippen LogP contribution is -2.43. The second-order valence-electron chi connectivity index (χ2n) is 8.00. The smallest absolute Gasteiger partial charge is 0.410 e. The molecule has 0 saturated carbocycles. The van der Waals surface area contributed by atoms with Crippen LogP contribution in [0.4, 0.5) is 4.79 Å². The Morgan fingerprint density at radius 2 is 1.64 bits per heavy atom. The summed E-state index contributed by atoms with van der Waals surface area (Å²) in [6, 6.07) is 14.7. The predicted octanol–water partition coefficient (Wildman–Crippen LogP) is 3.68. The summed E-state index contributed by atoms with van der Waals surface area (Å²) in [5.41, 5.74) is 4.33. The molecule has 0 aliphatic heterocycles. The first kappa shape index (κ1) is 24.3. The second-order valence-corrected chi connectivity index (χ2v) is 10.0. The van der Waals surface area contributed by atoms with Gasteiger partial charge in [-0.15, -0.1) is 0 Å². The van der Waals surface area contributed by atoms with Crippen LogP contribution in [0.25, 0.3) is 11.1 Å². The van der Waals surface area contributed by atoms with Crippen LogP contribution < -0.4 is 0 Å². The monoisotopic (exact) mass is 467 g/mol. The number of hydrogen-bond acceptors (Lipinski definition) is 5. The Kier molecular flexibility index (Phi) is 7.74. The summed E-state index contributed by atoms with van der Waals surface area (Å²) < 4.78 is 5.54. The van der Waals surface area contributed by atoms with E-state index in [1.165, 1.54) is 7.05 Å². The van der Waals surface area contributed by atoms with E-state index in [1.54, 1.807) is 12.5 Å². The molecule has 0 fully saturated rings. The van der Waals surface area contributed by atoms with Crippen LogP contribution in [0.3, 0.4) is 0 Å². The lowest BCUT2D eigenvalue weighted by atomic mass is 9.98. The minimum Gasteiger partial charge on any atom is -0.480 e. The van der Waals surface area contributed by atoms with Crippen LogP contribution in [0, 0.1) is 5.41 Å². The number of ether oxygens (including phenoxy) is 1. The molecule has 0 radical (unpaired) electrons. The molecule has 172 valence electrons. The lowest BCUT2D eigenvalue weighted by molar-refractivity contribution is -0.142. The molecule has 1 aliphatic carbocycles. The van der Waals surface area contributed by atoms with E-state index in [1.807, 2.05) is 48.5 Å². The Morgan fingerprint density at radius 3 is 2.12 bits per heavy atom. The summed E-state index contributed by atoms with van der Waals surface area (Å²) in [6.07, 6.45) is 2.67. The number of amides is 1. The molecule has 0 heterocycles. The molecule has 1 atom stereocenters. The molecule has 7 nitrogen and oxygen atoms in total. The molecule has 1 aliphatic rings. The molecular weight excluding hydrogens is 440 g/mol. The number of carbonyl (C=O) groups excluding carboxylic acids is 2. The average molecular weight is 468 g/mol. The van der Waals surface area contributed by atoms with Crippen molar-refractivity contribution in [3.8, 4) is 11.1 Å². The maximum atomic E-state index is 12.7. The third kappa shape index (κ3) is 5.18. The van der Waals surface area contributed by atoms with Crippen LogP contribution >= 0.6 is 0 Å². The Hall–Kier alpha value is -3.35. The first-order chi connectivity index (χ1) is 15.8. The van der Waals surface area contributed by atoms with Crippen LogP contribution in [0.2, 0.25) is 0 Å². The van der Waals surface area contributed by atoms with Gasteiger partial charge in [-0.2, -0.15) is 0 Å². The molecule has 0 bridgehead atoms. The van der Waals surface area contributed by atoms with Gasteiger partial charge < -0.3 is 9.84 Å². The van der Waals surface area contributed by atoms with Crippen LogP contribution in [0.15, 0.2) is 53.4 Å². The number of carboxylic acids is 1. The third-order valence-electron chi connectivity index (χ3n) is 5.80. The fourth-order valence-corrected chi connectivity index (χ4v) is 4.85. The van der Waals surface area contributed by atoms with Crippen molar-refractivity contribution in [2.45, 2.75) is 24.8 Å². The quantitative estimate of drug-likeness (QED) is 0.332. The van der Waals surface area contributed by atoms with Gasteiger partial charge in [-0.25, -0.2) is 9.59 Å². The van der Waals surface area contributed by atoms with Crippen molar-refractivity contribution < 1.29 is 24.2 Å². The summed E-state index contributed by atoms with van der Waals surface area (Å²) in [7, 11) is 0.907. The fourth-order valence-electron chi connectivity index (χ4n) is 4.09. The highest BCUT2D eigenvalue weighted by atomic mass is 32.2. The van der Waals surface area contributed by atoms with E-state index >= 15 is 0 Å². The highest BCUT2D eigenvalue weighted by molar-refractivity contribution is 8.00. The number of carboxylic acid groups (broad SMARTS) is 1. The van der Waals surface area contributed by atoms with Gasteiger partial charge in [0.1, 0.15) is 25.2 Å². The van der Waals surface area contributed by atoms with Crippen molar-refractivity contribution in [1.29, 1.82) is 5.41 Å². The van der Waals surface area contributed by atoms with Crippen LogP contribution in [-0.4, -0.2) is 65.9 Å².